The van der Waals surface area contributed by atoms with Gasteiger partial charge in [0, 0.05) is 18.1 Å². The van der Waals surface area contributed by atoms with Crippen LogP contribution >= 0.6 is 11.6 Å². The van der Waals surface area contributed by atoms with E-state index in [1.165, 1.54) is 6.07 Å². The van der Waals surface area contributed by atoms with E-state index in [9.17, 15) is 9.18 Å². The predicted octanol–water partition coefficient (Wildman–Crippen LogP) is 4.68. The highest BCUT2D eigenvalue weighted by Gasteiger charge is 2.30. The summed E-state index contributed by atoms with van der Waals surface area (Å²) in [5.74, 6) is -0.392. The Hall–Kier alpha value is -1.49. The van der Waals surface area contributed by atoms with Gasteiger partial charge in [0.25, 0.3) is 0 Å². The van der Waals surface area contributed by atoms with Crippen molar-refractivity contribution in [3.8, 4) is 0 Å². The second-order valence-electron chi connectivity index (χ2n) is 6.83. The quantitative estimate of drug-likeness (QED) is 0.867. The molecule has 1 unspecified atom stereocenters. The van der Waals surface area contributed by atoms with Crippen LogP contribution in [-0.2, 0) is 4.74 Å². The number of hydrogen-bond acceptors (Lipinski definition) is 3. The summed E-state index contributed by atoms with van der Waals surface area (Å²) in [6.07, 6.45) is 2.59. The number of benzene rings is 1. The van der Waals surface area contributed by atoms with Gasteiger partial charge in [-0.1, -0.05) is 11.6 Å². The van der Waals surface area contributed by atoms with Crippen molar-refractivity contribution in [1.29, 1.82) is 0 Å². The lowest BCUT2D eigenvalue weighted by Crippen LogP contribution is -2.48. The van der Waals surface area contributed by atoms with Crippen molar-refractivity contribution in [2.24, 2.45) is 0 Å². The fraction of sp³-hybridized carbons (Fsp3) is 0.588. The SMILES string of the molecule is CC(C)(C)OC(=O)N1CCCCC1CNc1ccc(Cl)cc1F. The van der Waals surface area contributed by atoms with Crippen LogP contribution in [0.4, 0.5) is 14.9 Å². The van der Waals surface area contributed by atoms with Gasteiger partial charge in [0.15, 0.2) is 0 Å². The molecule has 1 aliphatic heterocycles. The molecular weight excluding hydrogens is 319 g/mol. The van der Waals surface area contributed by atoms with E-state index < -0.39 is 11.4 Å². The molecular formula is C17H24ClFN2O2. The average Bonchev–Trinajstić information content (AvgIpc) is 2.45. The molecule has 1 fully saturated rings. The molecule has 1 heterocycles. The number of likely N-dealkylation sites (tertiary alicyclic amines) is 1. The number of piperidine rings is 1. The van der Waals surface area contributed by atoms with Crippen LogP contribution in [0.3, 0.4) is 0 Å². The van der Waals surface area contributed by atoms with Crippen molar-refractivity contribution in [3.05, 3.63) is 29.0 Å². The summed E-state index contributed by atoms with van der Waals surface area (Å²) in [7, 11) is 0. The lowest BCUT2D eigenvalue weighted by Gasteiger charge is -2.37. The van der Waals surface area contributed by atoms with E-state index >= 15 is 0 Å². The molecule has 4 nitrogen and oxygen atoms in total. The van der Waals surface area contributed by atoms with E-state index in [1.54, 1.807) is 17.0 Å². The number of carbonyl (C=O) groups excluding carboxylic acids is 1. The largest absolute Gasteiger partial charge is 0.444 e. The Kier molecular flexibility index (Phi) is 5.74. The molecule has 0 aromatic heterocycles. The summed E-state index contributed by atoms with van der Waals surface area (Å²) in [4.78, 5) is 14.1. The van der Waals surface area contributed by atoms with E-state index in [-0.39, 0.29) is 12.1 Å². The molecule has 0 spiro atoms. The van der Waals surface area contributed by atoms with Crippen LogP contribution in [0.15, 0.2) is 18.2 Å². The Morgan fingerprint density at radius 2 is 2.17 bits per heavy atom. The lowest BCUT2D eigenvalue weighted by molar-refractivity contribution is 0.0114. The summed E-state index contributed by atoms with van der Waals surface area (Å²) < 4.78 is 19.3. The molecule has 128 valence electrons. The Bertz CT molecular complexity index is 560. The molecule has 0 saturated carbocycles. The van der Waals surface area contributed by atoms with Gasteiger partial charge >= 0.3 is 6.09 Å². The number of amides is 1. The molecule has 1 aliphatic rings. The molecule has 2 rings (SSSR count). The first-order valence-corrected chi connectivity index (χ1v) is 8.32. The van der Waals surface area contributed by atoms with Crippen molar-refractivity contribution in [2.75, 3.05) is 18.4 Å². The van der Waals surface area contributed by atoms with Crippen molar-refractivity contribution in [3.63, 3.8) is 0 Å². The van der Waals surface area contributed by atoms with Crippen LogP contribution in [0, 0.1) is 5.82 Å². The maximum atomic E-state index is 13.8. The van der Waals surface area contributed by atoms with Crippen LogP contribution in [0.2, 0.25) is 5.02 Å². The highest BCUT2D eigenvalue weighted by atomic mass is 35.5. The number of carbonyl (C=O) groups is 1. The maximum Gasteiger partial charge on any atom is 0.410 e. The molecule has 1 aromatic carbocycles. The number of anilines is 1. The topological polar surface area (TPSA) is 41.6 Å². The van der Waals surface area contributed by atoms with Gasteiger partial charge in [-0.05, 0) is 58.2 Å². The van der Waals surface area contributed by atoms with Gasteiger partial charge in [0.2, 0.25) is 0 Å². The molecule has 23 heavy (non-hydrogen) atoms. The van der Waals surface area contributed by atoms with Crippen molar-refractivity contribution < 1.29 is 13.9 Å². The zero-order valence-corrected chi connectivity index (χ0v) is 14.6. The normalized spacial score (nSPS) is 18.7. The highest BCUT2D eigenvalue weighted by Crippen LogP contribution is 2.23. The number of rotatable bonds is 3. The molecule has 1 amide bonds. The van der Waals surface area contributed by atoms with Crippen LogP contribution in [0.25, 0.3) is 0 Å². The fourth-order valence-electron chi connectivity index (χ4n) is 2.63. The van der Waals surface area contributed by atoms with Crippen molar-refractivity contribution in [1.82, 2.24) is 4.90 Å². The molecule has 1 saturated heterocycles. The number of hydrogen-bond donors (Lipinski definition) is 1. The van der Waals surface area contributed by atoms with Crippen molar-refractivity contribution in [2.45, 2.75) is 51.7 Å². The van der Waals surface area contributed by atoms with Crippen LogP contribution in [-0.4, -0.2) is 35.7 Å². The number of halogens is 2. The molecule has 1 atom stereocenters. The number of nitrogens with zero attached hydrogens (tertiary/aromatic N) is 1. The maximum absolute atomic E-state index is 13.8. The number of nitrogens with one attached hydrogen (secondary N) is 1. The Morgan fingerprint density at radius 3 is 2.83 bits per heavy atom. The average molecular weight is 343 g/mol. The monoisotopic (exact) mass is 342 g/mol. The van der Waals surface area contributed by atoms with E-state index in [4.69, 9.17) is 16.3 Å². The summed E-state index contributed by atoms with van der Waals surface area (Å²) in [5, 5.41) is 3.44. The second-order valence-corrected chi connectivity index (χ2v) is 7.26. The third kappa shape index (κ3) is 5.27. The Balaban J connectivity index is 1.99. The zero-order valence-electron chi connectivity index (χ0n) is 13.9. The van der Waals surface area contributed by atoms with E-state index in [0.29, 0.717) is 23.8 Å². The summed E-state index contributed by atoms with van der Waals surface area (Å²) in [6, 6.07) is 4.52. The molecule has 1 N–H and O–H groups in total. The van der Waals surface area contributed by atoms with E-state index in [2.05, 4.69) is 5.32 Å². The number of ether oxygens (including phenoxy) is 1. The first-order valence-electron chi connectivity index (χ1n) is 7.95. The van der Waals surface area contributed by atoms with Crippen LogP contribution in [0.1, 0.15) is 40.0 Å². The highest BCUT2D eigenvalue weighted by molar-refractivity contribution is 6.30. The summed E-state index contributed by atoms with van der Waals surface area (Å²) >= 11 is 5.75. The lowest BCUT2D eigenvalue weighted by atomic mass is 10.0. The zero-order chi connectivity index (χ0) is 17.0. The minimum absolute atomic E-state index is 0.00585. The van der Waals surface area contributed by atoms with Gasteiger partial charge in [-0.25, -0.2) is 9.18 Å². The van der Waals surface area contributed by atoms with Gasteiger partial charge in [-0.15, -0.1) is 0 Å². The third-order valence-electron chi connectivity index (χ3n) is 3.71. The van der Waals surface area contributed by atoms with E-state index in [1.807, 2.05) is 20.8 Å². The standard InChI is InChI=1S/C17H24ClFN2O2/c1-17(2,3)23-16(22)21-9-5-4-6-13(21)11-20-15-8-7-12(18)10-14(15)19/h7-8,10,13,20H,4-6,9,11H2,1-3H3. The molecule has 0 aliphatic carbocycles. The first-order chi connectivity index (χ1) is 10.8. The van der Waals surface area contributed by atoms with Crippen LogP contribution < -0.4 is 5.32 Å². The second kappa shape index (κ2) is 7.39. The molecule has 0 bridgehead atoms. The van der Waals surface area contributed by atoms with Gasteiger partial charge in [0.1, 0.15) is 11.4 Å². The minimum atomic E-state index is -0.519. The minimum Gasteiger partial charge on any atom is -0.444 e. The van der Waals surface area contributed by atoms with Gasteiger partial charge in [0.05, 0.1) is 11.7 Å². The Morgan fingerprint density at radius 1 is 1.43 bits per heavy atom. The van der Waals surface area contributed by atoms with Gasteiger partial charge in [-0.2, -0.15) is 0 Å². The smallest absolute Gasteiger partial charge is 0.410 e. The Labute approximate surface area is 141 Å². The molecule has 1 aromatic rings. The summed E-state index contributed by atoms with van der Waals surface area (Å²) in [6.45, 7) is 6.71. The van der Waals surface area contributed by atoms with E-state index in [0.717, 1.165) is 19.3 Å². The van der Waals surface area contributed by atoms with Gasteiger partial charge in [-0.3, -0.25) is 0 Å². The third-order valence-corrected chi connectivity index (χ3v) is 3.95. The molecule has 6 heteroatoms. The van der Waals surface area contributed by atoms with Crippen LogP contribution in [0.5, 0.6) is 0 Å². The fourth-order valence-corrected chi connectivity index (χ4v) is 2.79. The first kappa shape index (κ1) is 17.9. The summed E-state index contributed by atoms with van der Waals surface area (Å²) in [5.41, 5.74) is -0.126. The van der Waals surface area contributed by atoms with Gasteiger partial charge < -0.3 is 15.0 Å². The predicted molar refractivity (Wildman–Crippen MR) is 90.5 cm³/mol. The van der Waals surface area contributed by atoms with Crippen molar-refractivity contribution >= 4 is 23.4 Å². The molecule has 0 radical (unpaired) electrons.